The lowest BCUT2D eigenvalue weighted by Crippen LogP contribution is -2.41. The average Bonchev–Trinajstić information content (AvgIpc) is 1.88. The van der Waals surface area contributed by atoms with Gasteiger partial charge in [-0.2, -0.15) is 0 Å². The van der Waals surface area contributed by atoms with Crippen LogP contribution in [-0.4, -0.2) is 12.1 Å². The Morgan fingerprint density at radius 3 is 1.73 bits per heavy atom. The van der Waals surface area contributed by atoms with E-state index in [-0.39, 0.29) is 5.54 Å². The topological polar surface area (TPSA) is 52.0 Å². The molecule has 0 amide bonds. The second-order valence-corrected chi connectivity index (χ2v) is 3.40. The van der Waals surface area contributed by atoms with Crippen molar-refractivity contribution < 1.29 is 0 Å². The summed E-state index contributed by atoms with van der Waals surface area (Å²) in [5, 5.41) is 0. The number of rotatable bonds is 6. The first-order valence-electron chi connectivity index (χ1n) is 4.67. The Morgan fingerprint density at radius 2 is 1.45 bits per heavy atom. The zero-order valence-electron chi connectivity index (χ0n) is 7.90. The van der Waals surface area contributed by atoms with Crippen LogP contribution in [0.3, 0.4) is 0 Å². The van der Waals surface area contributed by atoms with Gasteiger partial charge in [-0.25, -0.2) is 0 Å². The first-order valence-corrected chi connectivity index (χ1v) is 4.67. The van der Waals surface area contributed by atoms with Crippen LogP contribution in [0.1, 0.15) is 46.0 Å². The van der Waals surface area contributed by atoms with Crippen molar-refractivity contribution in [1.82, 2.24) is 0 Å². The summed E-state index contributed by atoms with van der Waals surface area (Å²) in [5.41, 5.74) is 11.7. The number of nitrogens with two attached hydrogens (primary N) is 2. The van der Waals surface area contributed by atoms with E-state index in [9.17, 15) is 0 Å². The molecule has 0 unspecified atom stereocenters. The molecule has 11 heavy (non-hydrogen) atoms. The summed E-state index contributed by atoms with van der Waals surface area (Å²) in [6.07, 6.45) is 5.51. The molecular formula is C9H22N2. The maximum Gasteiger partial charge on any atom is 0.0166 e. The van der Waals surface area contributed by atoms with Gasteiger partial charge in [0.25, 0.3) is 0 Å². The van der Waals surface area contributed by atoms with Crippen LogP contribution >= 0.6 is 0 Å². The third-order valence-electron chi connectivity index (χ3n) is 2.14. The molecule has 0 heterocycles. The molecule has 0 aliphatic rings. The second-order valence-electron chi connectivity index (χ2n) is 3.40. The molecule has 0 saturated heterocycles. The fraction of sp³-hybridized carbons (Fsp3) is 1.00. The van der Waals surface area contributed by atoms with Crippen molar-refractivity contribution in [3.63, 3.8) is 0 Å². The van der Waals surface area contributed by atoms with Crippen molar-refractivity contribution in [1.29, 1.82) is 0 Å². The van der Waals surface area contributed by atoms with Crippen molar-refractivity contribution in [2.75, 3.05) is 6.54 Å². The van der Waals surface area contributed by atoms with Gasteiger partial charge in [-0.15, -0.1) is 0 Å². The van der Waals surface area contributed by atoms with E-state index in [1.165, 1.54) is 0 Å². The van der Waals surface area contributed by atoms with Crippen molar-refractivity contribution >= 4 is 0 Å². The van der Waals surface area contributed by atoms with E-state index in [1.807, 2.05) is 0 Å². The summed E-state index contributed by atoms with van der Waals surface area (Å²) in [7, 11) is 0. The summed E-state index contributed by atoms with van der Waals surface area (Å²) >= 11 is 0. The summed E-state index contributed by atoms with van der Waals surface area (Å²) in [6, 6.07) is 0. The normalized spacial score (nSPS) is 12.0. The van der Waals surface area contributed by atoms with Gasteiger partial charge < -0.3 is 11.5 Å². The standard InChI is InChI=1S/C9H22N2/c1-3-5-9(11,6-4-2)7-8-10/h3-8,10-11H2,1-2H3. The van der Waals surface area contributed by atoms with Gasteiger partial charge in [0.15, 0.2) is 0 Å². The van der Waals surface area contributed by atoms with E-state index < -0.39 is 0 Å². The van der Waals surface area contributed by atoms with Crippen molar-refractivity contribution in [2.24, 2.45) is 11.5 Å². The smallest absolute Gasteiger partial charge is 0.0166 e. The first-order chi connectivity index (χ1) is 5.18. The molecule has 0 aliphatic carbocycles. The van der Waals surface area contributed by atoms with Crippen LogP contribution in [0.15, 0.2) is 0 Å². The molecule has 0 rings (SSSR count). The number of hydrogen-bond donors (Lipinski definition) is 2. The monoisotopic (exact) mass is 158 g/mol. The molecule has 4 N–H and O–H groups in total. The molecule has 0 aromatic rings. The predicted molar refractivity (Wildman–Crippen MR) is 50.4 cm³/mol. The lowest BCUT2D eigenvalue weighted by atomic mass is 9.87. The molecule has 0 aromatic carbocycles. The zero-order chi connectivity index (χ0) is 8.74. The van der Waals surface area contributed by atoms with Crippen LogP contribution in [0.25, 0.3) is 0 Å². The fourth-order valence-electron chi connectivity index (χ4n) is 1.66. The van der Waals surface area contributed by atoms with E-state index >= 15 is 0 Å². The van der Waals surface area contributed by atoms with Crippen LogP contribution in [0.4, 0.5) is 0 Å². The third-order valence-corrected chi connectivity index (χ3v) is 2.14. The van der Waals surface area contributed by atoms with Crippen LogP contribution in [0, 0.1) is 0 Å². The minimum Gasteiger partial charge on any atom is -0.330 e. The van der Waals surface area contributed by atoms with E-state index in [0.717, 1.165) is 38.6 Å². The van der Waals surface area contributed by atoms with Gasteiger partial charge in [-0.1, -0.05) is 26.7 Å². The molecule has 2 heteroatoms. The van der Waals surface area contributed by atoms with Crippen LogP contribution in [-0.2, 0) is 0 Å². The molecule has 2 nitrogen and oxygen atoms in total. The Morgan fingerprint density at radius 1 is 1.00 bits per heavy atom. The lowest BCUT2D eigenvalue weighted by Gasteiger charge is -2.28. The largest absolute Gasteiger partial charge is 0.330 e. The van der Waals surface area contributed by atoms with Crippen LogP contribution < -0.4 is 11.5 Å². The Kier molecular flexibility index (Phi) is 5.51. The highest BCUT2D eigenvalue weighted by molar-refractivity contribution is 4.83. The second kappa shape index (κ2) is 5.56. The van der Waals surface area contributed by atoms with E-state index in [4.69, 9.17) is 11.5 Å². The van der Waals surface area contributed by atoms with E-state index in [2.05, 4.69) is 13.8 Å². The van der Waals surface area contributed by atoms with Gasteiger partial charge in [-0.3, -0.25) is 0 Å². The summed E-state index contributed by atoms with van der Waals surface area (Å²) in [4.78, 5) is 0. The summed E-state index contributed by atoms with van der Waals surface area (Å²) in [5.74, 6) is 0. The molecule has 0 atom stereocenters. The van der Waals surface area contributed by atoms with Crippen LogP contribution in [0.2, 0.25) is 0 Å². The summed E-state index contributed by atoms with van der Waals surface area (Å²) < 4.78 is 0. The predicted octanol–water partition coefficient (Wildman–Crippen LogP) is 1.63. The Bertz CT molecular complexity index is 74.5. The fourth-order valence-corrected chi connectivity index (χ4v) is 1.66. The molecule has 0 aliphatic heterocycles. The van der Waals surface area contributed by atoms with Gasteiger partial charge >= 0.3 is 0 Å². The molecule has 0 radical (unpaired) electrons. The first kappa shape index (κ1) is 10.9. The van der Waals surface area contributed by atoms with E-state index in [1.54, 1.807) is 0 Å². The van der Waals surface area contributed by atoms with Crippen LogP contribution in [0.5, 0.6) is 0 Å². The van der Waals surface area contributed by atoms with Gasteiger partial charge in [0.1, 0.15) is 0 Å². The van der Waals surface area contributed by atoms with Gasteiger partial charge in [0.2, 0.25) is 0 Å². The number of hydrogen-bond acceptors (Lipinski definition) is 2. The summed E-state index contributed by atoms with van der Waals surface area (Å²) in [6.45, 7) is 5.07. The van der Waals surface area contributed by atoms with E-state index in [0.29, 0.717) is 0 Å². The average molecular weight is 158 g/mol. The minimum atomic E-state index is 0.0260. The zero-order valence-corrected chi connectivity index (χ0v) is 7.90. The maximum atomic E-state index is 6.15. The molecule has 68 valence electrons. The van der Waals surface area contributed by atoms with Gasteiger partial charge in [-0.05, 0) is 25.8 Å². The maximum absolute atomic E-state index is 6.15. The highest BCUT2D eigenvalue weighted by Crippen LogP contribution is 2.19. The van der Waals surface area contributed by atoms with Gasteiger partial charge in [0, 0.05) is 5.54 Å². The SMILES string of the molecule is CCCC(N)(CCC)CCN. The molecule has 0 saturated carbocycles. The quantitative estimate of drug-likeness (QED) is 0.617. The third kappa shape index (κ3) is 4.38. The van der Waals surface area contributed by atoms with Gasteiger partial charge in [0.05, 0.1) is 0 Å². The van der Waals surface area contributed by atoms with Crippen molar-refractivity contribution in [3.05, 3.63) is 0 Å². The van der Waals surface area contributed by atoms with Crippen molar-refractivity contribution in [3.8, 4) is 0 Å². The Balaban J connectivity index is 3.79. The highest BCUT2D eigenvalue weighted by atomic mass is 14.7. The molecule has 0 aromatic heterocycles. The molecule has 0 fully saturated rings. The molecular weight excluding hydrogens is 136 g/mol. The minimum absolute atomic E-state index is 0.0260. The Labute approximate surface area is 70.3 Å². The Hall–Kier alpha value is -0.0800. The lowest BCUT2D eigenvalue weighted by molar-refractivity contribution is 0.338. The molecule has 0 spiro atoms. The highest BCUT2D eigenvalue weighted by Gasteiger charge is 2.20. The molecule has 0 bridgehead atoms. The van der Waals surface area contributed by atoms with Crippen molar-refractivity contribution in [2.45, 2.75) is 51.5 Å².